The normalized spacial score (nSPS) is 11.2. The third-order valence-electron chi connectivity index (χ3n) is 2.40. The average molecular weight is 234 g/mol. The molecule has 0 aromatic carbocycles. The highest BCUT2D eigenvalue weighted by atomic mass is 15.1. The lowest BCUT2D eigenvalue weighted by molar-refractivity contribution is 0.602. The minimum atomic E-state index is 0.277. The SMILES string of the molecule is CC(C)NCCNc1nc(N)nc2[nH]ccc12. The van der Waals surface area contributed by atoms with E-state index in [2.05, 4.69) is 39.4 Å². The second-order valence-electron chi connectivity index (χ2n) is 4.21. The summed E-state index contributed by atoms with van der Waals surface area (Å²) in [5.41, 5.74) is 6.40. The highest BCUT2D eigenvalue weighted by Crippen LogP contribution is 2.19. The Morgan fingerprint density at radius 3 is 2.94 bits per heavy atom. The van der Waals surface area contributed by atoms with Crippen LogP contribution < -0.4 is 16.4 Å². The van der Waals surface area contributed by atoms with E-state index in [1.165, 1.54) is 0 Å². The number of H-pyrrole nitrogens is 1. The van der Waals surface area contributed by atoms with Crippen LogP contribution in [0.2, 0.25) is 0 Å². The number of anilines is 2. The quantitative estimate of drug-likeness (QED) is 0.578. The van der Waals surface area contributed by atoms with Gasteiger partial charge in [0.15, 0.2) is 0 Å². The summed E-state index contributed by atoms with van der Waals surface area (Å²) in [5, 5.41) is 7.55. The van der Waals surface area contributed by atoms with Crippen molar-refractivity contribution in [1.82, 2.24) is 20.3 Å². The smallest absolute Gasteiger partial charge is 0.223 e. The zero-order valence-corrected chi connectivity index (χ0v) is 10.1. The summed E-state index contributed by atoms with van der Waals surface area (Å²) < 4.78 is 0. The van der Waals surface area contributed by atoms with Gasteiger partial charge in [-0.1, -0.05) is 13.8 Å². The monoisotopic (exact) mass is 234 g/mol. The number of nitrogens with zero attached hydrogens (tertiary/aromatic N) is 2. The molecule has 2 aromatic rings. The van der Waals surface area contributed by atoms with Gasteiger partial charge in [0.05, 0.1) is 5.39 Å². The van der Waals surface area contributed by atoms with Gasteiger partial charge in [0.2, 0.25) is 5.95 Å². The molecule has 6 heteroatoms. The van der Waals surface area contributed by atoms with Gasteiger partial charge in [-0.3, -0.25) is 0 Å². The second-order valence-corrected chi connectivity index (χ2v) is 4.21. The standard InChI is InChI=1S/C11H18N6/c1-7(2)13-5-6-15-10-8-3-4-14-9(8)16-11(12)17-10/h3-4,7,13H,5-6H2,1-2H3,(H4,12,14,15,16,17). The molecule has 0 saturated carbocycles. The molecule has 2 heterocycles. The van der Waals surface area contributed by atoms with Crippen LogP contribution in [0.1, 0.15) is 13.8 Å². The summed E-state index contributed by atoms with van der Waals surface area (Å²) in [6.45, 7) is 5.92. The van der Waals surface area contributed by atoms with Crippen LogP contribution in [0.5, 0.6) is 0 Å². The van der Waals surface area contributed by atoms with E-state index in [1.807, 2.05) is 12.3 Å². The summed E-state index contributed by atoms with van der Waals surface area (Å²) in [6, 6.07) is 2.42. The third kappa shape index (κ3) is 2.85. The molecule has 0 fully saturated rings. The lowest BCUT2D eigenvalue weighted by Gasteiger charge is -2.10. The Bertz CT molecular complexity index is 490. The van der Waals surface area contributed by atoms with E-state index in [-0.39, 0.29) is 5.95 Å². The molecule has 0 aliphatic carbocycles. The molecule has 17 heavy (non-hydrogen) atoms. The predicted molar refractivity (Wildman–Crippen MR) is 69.9 cm³/mol. The van der Waals surface area contributed by atoms with Crippen molar-refractivity contribution >= 4 is 22.8 Å². The van der Waals surface area contributed by atoms with E-state index in [9.17, 15) is 0 Å². The Morgan fingerprint density at radius 2 is 2.18 bits per heavy atom. The van der Waals surface area contributed by atoms with Crippen LogP contribution in [-0.2, 0) is 0 Å². The van der Waals surface area contributed by atoms with Crippen molar-refractivity contribution in [3.63, 3.8) is 0 Å². The van der Waals surface area contributed by atoms with Crippen LogP contribution in [0.3, 0.4) is 0 Å². The Labute approximate surface area is 100 Å². The summed E-state index contributed by atoms with van der Waals surface area (Å²) in [6.07, 6.45) is 1.83. The Balaban J connectivity index is 2.04. The number of aromatic nitrogens is 3. The number of nitrogens with one attached hydrogen (secondary N) is 3. The average Bonchev–Trinajstić information content (AvgIpc) is 2.71. The maximum Gasteiger partial charge on any atom is 0.223 e. The summed E-state index contributed by atoms with van der Waals surface area (Å²) in [5.74, 6) is 1.05. The number of nitrogen functional groups attached to an aromatic ring is 1. The molecule has 0 bridgehead atoms. The first-order valence-corrected chi connectivity index (χ1v) is 5.74. The molecule has 0 radical (unpaired) electrons. The van der Waals surface area contributed by atoms with Gasteiger partial charge in [0, 0.05) is 25.3 Å². The largest absolute Gasteiger partial charge is 0.368 e. The van der Waals surface area contributed by atoms with Crippen molar-refractivity contribution in [2.24, 2.45) is 0 Å². The van der Waals surface area contributed by atoms with Gasteiger partial charge < -0.3 is 21.4 Å². The van der Waals surface area contributed by atoms with Crippen molar-refractivity contribution in [2.75, 3.05) is 24.1 Å². The molecule has 0 aliphatic heterocycles. The molecule has 2 rings (SSSR count). The van der Waals surface area contributed by atoms with Crippen LogP contribution in [0.4, 0.5) is 11.8 Å². The number of rotatable bonds is 5. The van der Waals surface area contributed by atoms with Crippen molar-refractivity contribution in [2.45, 2.75) is 19.9 Å². The third-order valence-corrected chi connectivity index (χ3v) is 2.40. The Morgan fingerprint density at radius 1 is 1.35 bits per heavy atom. The highest BCUT2D eigenvalue weighted by molar-refractivity contribution is 5.87. The van der Waals surface area contributed by atoms with Gasteiger partial charge in [0.1, 0.15) is 11.5 Å². The second kappa shape index (κ2) is 5.01. The van der Waals surface area contributed by atoms with E-state index < -0.39 is 0 Å². The van der Waals surface area contributed by atoms with Crippen molar-refractivity contribution in [1.29, 1.82) is 0 Å². The zero-order valence-electron chi connectivity index (χ0n) is 10.1. The van der Waals surface area contributed by atoms with E-state index in [0.29, 0.717) is 6.04 Å². The Hall–Kier alpha value is -1.82. The van der Waals surface area contributed by atoms with Crippen molar-refractivity contribution in [3.8, 4) is 0 Å². The first-order valence-electron chi connectivity index (χ1n) is 5.74. The first kappa shape index (κ1) is 11.7. The summed E-state index contributed by atoms with van der Waals surface area (Å²) in [7, 11) is 0. The molecule has 0 atom stereocenters. The maximum atomic E-state index is 5.64. The van der Waals surface area contributed by atoms with E-state index in [1.54, 1.807) is 0 Å². The van der Waals surface area contributed by atoms with Crippen LogP contribution >= 0.6 is 0 Å². The number of nitrogens with two attached hydrogens (primary N) is 1. The fourth-order valence-electron chi connectivity index (χ4n) is 1.64. The molecular weight excluding hydrogens is 216 g/mol. The first-order chi connectivity index (χ1) is 8.16. The number of hydrogen-bond acceptors (Lipinski definition) is 5. The number of hydrogen-bond donors (Lipinski definition) is 4. The van der Waals surface area contributed by atoms with E-state index >= 15 is 0 Å². The molecule has 0 amide bonds. The van der Waals surface area contributed by atoms with Crippen molar-refractivity contribution < 1.29 is 0 Å². The van der Waals surface area contributed by atoms with Crippen LogP contribution in [0.15, 0.2) is 12.3 Å². The molecule has 5 N–H and O–H groups in total. The van der Waals surface area contributed by atoms with E-state index in [4.69, 9.17) is 5.73 Å². The van der Waals surface area contributed by atoms with Gasteiger partial charge in [0.25, 0.3) is 0 Å². The summed E-state index contributed by atoms with van der Waals surface area (Å²) in [4.78, 5) is 11.3. The fourth-order valence-corrected chi connectivity index (χ4v) is 1.64. The minimum Gasteiger partial charge on any atom is -0.368 e. The lowest BCUT2D eigenvalue weighted by Crippen LogP contribution is -2.28. The number of aromatic amines is 1. The topological polar surface area (TPSA) is 91.7 Å². The van der Waals surface area contributed by atoms with E-state index in [0.717, 1.165) is 29.9 Å². The van der Waals surface area contributed by atoms with Gasteiger partial charge in [-0.05, 0) is 6.07 Å². The summed E-state index contributed by atoms with van der Waals surface area (Å²) >= 11 is 0. The van der Waals surface area contributed by atoms with Crippen LogP contribution in [-0.4, -0.2) is 34.1 Å². The molecule has 92 valence electrons. The van der Waals surface area contributed by atoms with Gasteiger partial charge in [-0.15, -0.1) is 0 Å². The number of fused-ring (bicyclic) bond motifs is 1. The molecule has 0 saturated heterocycles. The minimum absolute atomic E-state index is 0.277. The fraction of sp³-hybridized carbons (Fsp3) is 0.455. The molecular formula is C11H18N6. The zero-order chi connectivity index (χ0) is 12.3. The Kier molecular flexibility index (Phi) is 3.43. The molecule has 0 aliphatic rings. The maximum absolute atomic E-state index is 5.64. The van der Waals surface area contributed by atoms with Gasteiger partial charge in [-0.2, -0.15) is 9.97 Å². The molecule has 6 nitrogen and oxygen atoms in total. The van der Waals surface area contributed by atoms with Crippen LogP contribution in [0.25, 0.3) is 11.0 Å². The molecule has 0 unspecified atom stereocenters. The predicted octanol–water partition coefficient (Wildman–Crippen LogP) is 0.950. The van der Waals surface area contributed by atoms with Gasteiger partial charge in [-0.25, -0.2) is 0 Å². The molecule has 0 spiro atoms. The van der Waals surface area contributed by atoms with Crippen LogP contribution in [0, 0.1) is 0 Å². The lowest BCUT2D eigenvalue weighted by atomic mass is 10.3. The highest BCUT2D eigenvalue weighted by Gasteiger charge is 2.06. The molecule has 2 aromatic heterocycles. The van der Waals surface area contributed by atoms with Gasteiger partial charge >= 0.3 is 0 Å². The van der Waals surface area contributed by atoms with Crippen molar-refractivity contribution in [3.05, 3.63) is 12.3 Å².